The molecule has 1 aromatic heterocycles. The van der Waals surface area contributed by atoms with Crippen LogP contribution in [0.2, 0.25) is 0 Å². The Labute approximate surface area is 132 Å². The lowest BCUT2D eigenvalue weighted by Gasteiger charge is -2.17. The Balaban J connectivity index is 2.10. The second-order valence-corrected chi connectivity index (χ2v) is 6.21. The molecule has 0 aliphatic carbocycles. The van der Waals surface area contributed by atoms with Crippen molar-refractivity contribution in [2.75, 3.05) is 13.7 Å². The summed E-state index contributed by atoms with van der Waals surface area (Å²) in [6.45, 7) is 5.44. The minimum absolute atomic E-state index is 0.367. The number of hydrogen-bond donors (Lipinski definition) is 1. The Morgan fingerprint density at radius 1 is 1.14 bits per heavy atom. The summed E-state index contributed by atoms with van der Waals surface area (Å²) in [5.41, 5.74) is 2.78. The second-order valence-electron chi connectivity index (χ2n) is 5.27. The first kappa shape index (κ1) is 16.1. The van der Waals surface area contributed by atoms with Crippen LogP contribution in [0, 0.1) is 0 Å². The minimum atomic E-state index is 0.367. The van der Waals surface area contributed by atoms with Crippen molar-refractivity contribution in [3.63, 3.8) is 0 Å². The molecule has 114 valence electrons. The largest absolute Gasteiger partial charge is 0.496 e. The minimum Gasteiger partial charge on any atom is -0.496 e. The molecule has 3 heteroatoms. The fourth-order valence-electron chi connectivity index (χ4n) is 2.36. The smallest absolute Gasteiger partial charge is 0.129 e. The van der Waals surface area contributed by atoms with E-state index in [9.17, 15) is 0 Å². The van der Waals surface area contributed by atoms with E-state index in [2.05, 4.69) is 54.9 Å². The van der Waals surface area contributed by atoms with E-state index in [1.807, 2.05) is 0 Å². The van der Waals surface area contributed by atoms with Crippen LogP contribution in [0.4, 0.5) is 0 Å². The molecular weight excluding hydrogens is 278 g/mol. The summed E-state index contributed by atoms with van der Waals surface area (Å²) in [5.74, 6) is 0.958. The average Bonchev–Trinajstić information content (AvgIpc) is 3.01. The molecule has 0 saturated heterocycles. The van der Waals surface area contributed by atoms with Gasteiger partial charge in [0, 0.05) is 16.3 Å². The monoisotopic (exact) mass is 303 g/mol. The van der Waals surface area contributed by atoms with Crippen molar-refractivity contribution in [3.05, 3.63) is 51.7 Å². The predicted molar refractivity (Wildman–Crippen MR) is 91.4 cm³/mol. The molecule has 2 aromatic rings. The fourth-order valence-corrected chi connectivity index (χ4v) is 3.29. The molecule has 0 amide bonds. The Morgan fingerprint density at radius 2 is 1.86 bits per heavy atom. The quantitative estimate of drug-likeness (QED) is 0.769. The molecule has 0 radical (unpaired) electrons. The van der Waals surface area contributed by atoms with Crippen molar-refractivity contribution in [3.8, 4) is 5.75 Å². The van der Waals surface area contributed by atoms with Gasteiger partial charge in [-0.3, -0.25) is 0 Å². The molecule has 2 rings (SSSR count). The molecule has 1 heterocycles. The van der Waals surface area contributed by atoms with E-state index in [4.69, 9.17) is 4.74 Å². The van der Waals surface area contributed by atoms with Gasteiger partial charge in [-0.1, -0.05) is 38.1 Å². The maximum Gasteiger partial charge on any atom is 0.129 e. The van der Waals surface area contributed by atoms with Gasteiger partial charge in [-0.2, -0.15) is 0 Å². The van der Waals surface area contributed by atoms with E-state index >= 15 is 0 Å². The molecule has 1 atom stereocenters. The summed E-state index contributed by atoms with van der Waals surface area (Å²) in [5, 5.41) is 5.73. The first-order chi connectivity index (χ1) is 10.3. The molecule has 21 heavy (non-hydrogen) atoms. The van der Waals surface area contributed by atoms with Gasteiger partial charge in [-0.05, 0) is 43.0 Å². The number of benzene rings is 1. The molecule has 0 aliphatic rings. The summed E-state index contributed by atoms with van der Waals surface area (Å²) in [6.07, 6.45) is 3.27. The number of aryl methyl sites for hydroxylation is 1. The van der Waals surface area contributed by atoms with Crippen LogP contribution in [-0.2, 0) is 12.8 Å². The third kappa shape index (κ3) is 4.58. The highest BCUT2D eigenvalue weighted by atomic mass is 32.1. The molecule has 1 aromatic carbocycles. The molecule has 1 unspecified atom stereocenters. The van der Waals surface area contributed by atoms with Crippen molar-refractivity contribution in [1.29, 1.82) is 0 Å². The zero-order chi connectivity index (χ0) is 15.1. The average molecular weight is 303 g/mol. The fraction of sp³-hybridized carbons (Fsp3) is 0.444. The highest BCUT2D eigenvalue weighted by Crippen LogP contribution is 2.29. The maximum absolute atomic E-state index is 5.31. The van der Waals surface area contributed by atoms with Gasteiger partial charge in [-0.15, -0.1) is 11.3 Å². The first-order valence-electron chi connectivity index (χ1n) is 7.70. The number of nitrogens with one attached hydrogen (secondary N) is 1. The van der Waals surface area contributed by atoms with Crippen LogP contribution >= 0.6 is 11.3 Å². The van der Waals surface area contributed by atoms with Gasteiger partial charge in [0.25, 0.3) is 0 Å². The standard InChI is InChI=1S/C18H25NOS/c1-4-10-19-17(18-12-16(20-3)13-21-18)11-15-8-6-14(5-2)7-9-15/h6-9,12-13,17,19H,4-5,10-11H2,1-3H3. The van der Waals surface area contributed by atoms with E-state index in [0.29, 0.717) is 6.04 Å². The topological polar surface area (TPSA) is 21.3 Å². The SMILES string of the molecule is CCCNC(Cc1ccc(CC)cc1)c1cc(OC)cs1. The molecule has 0 aliphatic heterocycles. The number of hydrogen-bond acceptors (Lipinski definition) is 3. The van der Waals surface area contributed by atoms with Crippen LogP contribution in [0.15, 0.2) is 35.7 Å². The lowest BCUT2D eigenvalue weighted by molar-refractivity contribution is 0.415. The molecule has 1 N–H and O–H groups in total. The Hall–Kier alpha value is -1.32. The van der Waals surface area contributed by atoms with Crippen LogP contribution in [0.5, 0.6) is 5.75 Å². The lowest BCUT2D eigenvalue weighted by atomic mass is 10.0. The Bertz CT molecular complexity index is 532. The molecule has 0 saturated carbocycles. The van der Waals surface area contributed by atoms with Crippen molar-refractivity contribution < 1.29 is 4.74 Å². The lowest BCUT2D eigenvalue weighted by Crippen LogP contribution is -2.23. The molecule has 0 bridgehead atoms. The van der Waals surface area contributed by atoms with E-state index in [1.165, 1.54) is 16.0 Å². The third-order valence-electron chi connectivity index (χ3n) is 3.69. The molecule has 0 fully saturated rings. The van der Waals surface area contributed by atoms with E-state index in [-0.39, 0.29) is 0 Å². The van der Waals surface area contributed by atoms with Gasteiger partial charge in [0.2, 0.25) is 0 Å². The molecular formula is C18H25NOS. The zero-order valence-corrected chi connectivity index (χ0v) is 14.0. The van der Waals surface area contributed by atoms with E-state index in [1.54, 1.807) is 18.4 Å². The highest BCUT2D eigenvalue weighted by Gasteiger charge is 2.14. The zero-order valence-electron chi connectivity index (χ0n) is 13.2. The maximum atomic E-state index is 5.31. The van der Waals surface area contributed by atoms with Crippen LogP contribution in [-0.4, -0.2) is 13.7 Å². The second kappa shape index (κ2) is 8.20. The normalized spacial score (nSPS) is 12.3. The van der Waals surface area contributed by atoms with Crippen LogP contribution in [0.3, 0.4) is 0 Å². The van der Waals surface area contributed by atoms with Gasteiger partial charge in [0.1, 0.15) is 5.75 Å². The molecule has 0 spiro atoms. The van der Waals surface area contributed by atoms with Crippen molar-refractivity contribution in [2.45, 2.75) is 39.2 Å². The Morgan fingerprint density at radius 3 is 2.43 bits per heavy atom. The summed E-state index contributed by atoms with van der Waals surface area (Å²) >= 11 is 1.77. The van der Waals surface area contributed by atoms with Crippen LogP contribution in [0.1, 0.15) is 42.3 Å². The number of ether oxygens (including phenoxy) is 1. The van der Waals surface area contributed by atoms with Gasteiger partial charge in [0.05, 0.1) is 7.11 Å². The number of methoxy groups -OCH3 is 1. The predicted octanol–water partition coefficient (Wildman–Crippen LogP) is 4.60. The van der Waals surface area contributed by atoms with Gasteiger partial charge < -0.3 is 10.1 Å². The van der Waals surface area contributed by atoms with E-state index in [0.717, 1.165) is 31.6 Å². The summed E-state index contributed by atoms with van der Waals surface area (Å²) < 4.78 is 5.31. The van der Waals surface area contributed by atoms with E-state index < -0.39 is 0 Å². The first-order valence-corrected chi connectivity index (χ1v) is 8.58. The van der Waals surface area contributed by atoms with Gasteiger partial charge in [0.15, 0.2) is 0 Å². The summed E-state index contributed by atoms with van der Waals surface area (Å²) in [7, 11) is 1.73. The summed E-state index contributed by atoms with van der Waals surface area (Å²) in [4.78, 5) is 1.35. The van der Waals surface area contributed by atoms with Crippen molar-refractivity contribution in [1.82, 2.24) is 5.32 Å². The Kier molecular flexibility index (Phi) is 6.27. The van der Waals surface area contributed by atoms with Crippen LogP contribution in [0.25, 0.3) is 0 Å². The number of rotatable bonds is 8. The highest BCUT2D eigenvalue weighted by molar-refractivity contribution is 7.10. The van der Waals surface area contributed by atoms with Gasteiger partial charge >= 0.3 is 0 Å². The molecule has 2 nitrogen and oxygen atoms in total. The summed E-state index contributed by atoms with van der Waals surface area (Å²) in [6, 6.07) is 11.5. The number of thiophene rings is 1. The van der Waals surface area contributed by atoms with Crippen molar-refractivity contribution in [2.24, 2.45) is 0 Å². The van der Waals surface area contributed by atoms with Gasteiger partial charge in [-0.25, -0.2) is 0 Å². The van der Waals surface area contributed by atoms with Crippen molar-refractivity contribution >= 4 is 11.3 Å². The third-order valence-corrected chi connectivity index (χ3v) is 4.71. The van der Waals surface area contributed by atoms with Crippen LogP contribution < -0.4 is 10.1 Å².